The lowest BCUT2D eigenvalue weighted by Gasteiger charge is -2.33. The molecule has 21 heavy (non-hydrogen) atoms. The molecule has 4 nitrogen and oxygen atoms in total. The largest absolute Gasteiger partial charge is 0.381 e. The smallest absolute Gasteiger partial charge is 0.248 e. The first-order valence-electron chi connectivity index (χ1n) is 7.73. The van der Waals surface area contributed by atoms with Crippen LogP contribution >= 0.6 is 0 Å². The SMILES string of the molecule is COCC(=O)N1CCCC(Nc2ccc(C(C)C)cc2)C1. The summed E-state index contributed by atoms with van der Waals surface area (Å²) in [5, 5.41) is 3.54. The molecule has 1 saturated heterocycles. The van der Waals surface area contributed by atoms with Gasteiger partial charge in [-0.1, -0.05) is 26.0 Å². The number of ether oxygens (including phenoxy) is 1. The van der Waals surface area contributed by atoms with E-state index in [0.717, 1.165) is 31.6 Å². The Labute approximate surface area is 127 Å². The first-order chi connectivity index (χ1) is 10.1. The first-order valence-corrected chi connectivity index (χ1v) is 7.73. The maximum atomic E-state index is 11.9. The summed E-state index contributed by atoms with van der Waals surface area (Å²) < 4.78 is 4.93. The van der Waals surface area contributed by atoms with Gasteiger partial charge in [-0.05, 0) is 36.5 Å². The van der Waals surface area contributed by atoms with Gasteiger partial charge in [-0.3, -0.25) is 4.79 Å². The van der Waals surface area contributed by atoms with Gasteiger partial charge in [0, 0.05) is 31.9 Å². The van der Waals surface area contributed by atoms with Gasteiger partial charge in [0.2, 0.25) is 5.91 Å². The molecule has 4 heteroatoms. The summed E-state index contributed by atoms with van der Waals surface area (Å²) in [5.41, 5.74) is 2.48. The molecule has 1 amide bonds. The van der Waals surface area contributed by atoms with E-state index in [4.69, 9.17) is 4.74 Å². The topological polar surface area (TPSA) is 41.6 Å². The van der Waals surface area contributed by atoms with Crippen LogP contribution in [0.4, 0.5) is 5.69 Å². The molecule has 1 atom stereocenters. The highest BCUT2D eigenvalue weighted by atomic mass is 16.5. The van der Waals surface area contributed by atoms with Crippen molar-refractivity contribution in [1.82, 2.24) is 4.90 Å². The maximum Gasteiger partial charge on any atom is 0.248 e. The highest BCUT2D eigenvalue weighted by molar-refractivity contribution is 5.77. The van der Waals surface area contributed by atoms with Crippen LogP contribution in [0.2, 0.25) is 0 Å². The maximum absolute atomic E-state index is 11.9. The van der Waals surface area contributed by atoms with Crippen LogP contribution in [0, 0.1) is 0 Å². The minimum Gasteiger partial charge on any atom is -0.381 e. The Morgan fingerprint density at radius 1 is 1.38 bits per heavy atom. The number of piperidine rings is 1. The summed E-state index contributed by atoms with van der Waals surface area (Å²) in [6.45, 7) is 6.17. The zero-order chi connectivity index (χ0) is 15.2. The Morgan fingerprint density at radius 3 is 2.71 bits per heavy atom. The van der Waals surface area contributed by atoms with Gasteiger partial charge in [-0.2, -0.15) is 0 Å². The van der Waals surface area contributed by atoms with Crippen molar-refractivity contribution >= 4 is 11.6 Å². The molecule has 1 aromatic carbocycles. The average Bonchev–Trinajstić information content (AvgIpc) is 2.48. The Morgan fingerprint density at radius 2 is 2.10 bits per heavy atom. The van der Waals surface area contributed by atoms with E-state index in [2.05, 4.69) is 43.4 Å². The van der Waals surface area contributed by atoms with Crippen LogP contribution in [-0.4, -0.2) is 43.7 Å². The number of carbonyl (C=O) groups excluding carboxylic acids is 1. The van der Waals surface area contributed by atoms with Crippen molar-refractivity contribution in [2.75, 3.05) is 32.1 Å². The monoisotopic (exact) mass is 290 g/mol. The molecule has 1 aromatic rings. The second-order valence-corrected chi connectivity index (χ2v) is 6.03. The molecule has 116 valence electrons. The number of carbonyl (C=O) groups is 1. The lowest BCUT2D eigenvalue weighted by Crippen LogP contribution is -2.46. The molecular weight excluding hydrogens is 264 g/mol. The van der Waals surface area contributed by atoms with Crippen LogP contribution in [-0.2, 0) is 9.53 Å². The van der Waals surface area contributed by atoms with E-state index in [1.54, 1.807) is 7.11 Å². The third-order valence-corrected chi connectivity index (χ3v) is 3.99. The van der Waals surface area contributed by atoms with Crippen molar-refractivity contribution in [2.24, 2.45) is 0 Å². The van der Waals surface area contributed by atoms with Crippen molar-refractivity contribution < 1.29 is 9.53 Å². The Balaban J connectivity index is 1.91. The average molecular weight is 290 g/mol. The van der Waals surface area contributed by atoms with Crippen LogP contribution in [0.5, 0.6) is 0 Å². The molecular formula is C17H26N2O2. The van der Waals surface area contributed by atoms with Gasteiger partial charge in [0.15, 0.2) is 0 Å². The first kappa shape index (κ1) is 15.8. The number of rotatable bonds is 5. The van der Waals surface area contributed by atoms with E-state index in [-0.39, 0.29) is 12.5 Å². The molecule has 0 saturated carbocycles. The normalized spacial score (nSPS) is 18.9. The van der Waals surface area contributed by atoms with E-state index in [1.807, 2.05) is 4.90 Å². The molecule has 1 unspecified atom stereocenters. The van der Waals surface area contributed by atoms with Gasteiger partial charge >= 0.3 is 0 Å². The molecule has 0 radical (unpaired) electrons. The fourth-order valence-electron chi connectivity index (χ4n) is 2.74. The number of methoxy groups -OCH3 is 1. The van der Waals surface area contributed by atoms with Crippen molar-refractivity contribution in [1.29, 1.82) is 0 Å². The van der Waals surface area contributed by atoms with Gasteiger partial charge < -0.3 is 15.0 Å². The zero-order valence-corrected chi connectivity index (χ0v) is 13.3. The van der Waals surface area contributed by atoms with Gasteiger partial charge in [0.1, 0.15) is 6.61 Å². The Kier molecular flexibility index (Phi) is 5.62. The van der Waals surface area contributed by atoms with E-state index in [9.17, 15) is 4.79 Å². The molecule has 1 aliphatic heterocycles. The minimum absolute atomic E-state index is 0.0826. The van der Waals surface area contributed by atoms with Crippen LogP contribution < -0.4 is 5.32 Å². The summed E-state index contributed by atoms with van der Waals surface area (Å²) >= 11 is 0. The van der Waals surface area contributed by atoms with E-state index >= 15 is 0 Å². The summed E-state index contributed by atoms with van der Waals surface area (Å²) in [5.74, 6) is 0.634. The van der Waals surface area contributed by atoms with E-state index < -0.39 is 0 Å². The molecule has 1 aliphatic rings. The number of nitrogens with zero attached hydrogens (tertiary/aromatic N) is 1. The summed E-state index contributed by atoms with van der Waals surface area (Å²) in [6, 6.07) is 8.92. The molecule has 0 aliphatic carbocycles. The van der Waals surface area contributed by atoms with Gasteiger partial charge in [-0.15, -0.1) is 0 Å². The second-order valence-electron chi connectivity index (χ2n) is 6.03. The number of amides is 1. The summed E-state index contributed by atoms with van der Waals surface area (Å²) in [6.07, 6.45) is 2.14. The predicted molar refractivity (Wildman–Crippen MR) is 85.6 cm³/mol. The molecule has 1 heterocycles. The number of hydrogen-bond donors (Lipinski definition) is 1. The van der Waals surface area contributed by atoms with Crippen LogP contribution in [0.15, 0.2) is 24.3 Å². The molecule has 0 spiro atoms. The minimum atomic E-state index is 0.0826. The number of likely N-dealkylation sites (tertiary alicyclic amines) is 1. The van der Waals surface area contributed by atoms with Gasteiger partial charge in [0.25, 0.3) is 0 Å². The highest BCUT2D eigenvalue weighted by Crippen LogP contribution is 2.20. The third-order valence-electron chi connectivity index (χ3n) is 3.99. The number of hydrogen-bond acceptors (Lipinski definition) is 3. The predicted octanol–water partition coefficient (Wildman–Crippen LogP) is 2.86. The van der Waals surface area contributed by atoms with Gasteiger partial charge in [0.05, 0.1) is 0 Å². The standard InChI is InChI=1S/C17H26N2O2/c1-13(2)14-6-8-15(9-7-14)18-16-5-4-10-19(11-16)17(20)12-21-3/h6-9,13,16,18H,4-5,10-12H2,1-3H3. The molecule has 0 aromatic heterocycles. The molecule has 1 N–H and O–H groups in total. The molecule has 0 bridgehead atoms. The summed E-state index contributed by atoms with van der Waals surface area (Å²) in [4.78, 5) is 13.8. The third kappa shape index (κ3) is 4.46. The Bertz CT molecular complexity index is 456. The molecule has 1 fully saturated rings. The fourth-order valence-corrected chi connectivity index (χ4v) is 2.74. The van der Waals surface area contributed by atoms with Crippen LogP contribution in [0.1, 0.15) is 38.2 Å². The number of nitrogens with one attached hydrogen (secondary N) is 1. The fraction of sp³-hybridized carbons (Fsp3) is 0.588. The van der Waals surface area contributed by atoms with Crippen molar-refractivity contribution in [3.63, 3.8) is 0 Å². The van der Waals surface area contributed by atoms with Crippen molar-refractivity contribution in [2.45, 2.75) is 38.6 Å². The quantitative estimate of drug-likeness (QED) is 0.906. The lowest BCUT2D eigenvalue weighted by molar-refractivity contribution is -0.136. The number of anilines is 1. The zero-order valence-electron chi connectivity index (χ0n) is 13.3. The Hall–Kier alpha value is -1.55. The lowest BCUT2D eigenvalue weighted by atomic mass is 10.0. The number of benzene rings is 1. The van der Waals surface area contributed by atoms with Crippen LogP contribution in [0.3, 0.4) is 0 Å². The second kappa shape index (κ2) is 7.46. The highest BCUT2D eigenvalue weighted by Gasteiger charge is 2.23. The van der Waals surface area contributed by atoms with Crippen molar-refractivity contribution in [3.05, 3.63) is 29.8 Å². The van der Waals surface area contributed by atoms with E-state index in [1.165, 1.54) is 5.56 Å². The van der Waals surface area contributed by atoms with Crippen LogP contribution in [0.25, 0.3) is 0 Å². The summed E-state index contributed by atoms with van der Waals surface area (Å²) in [7, 11) is 1.56. The molecule has 2 rings (SSSR count). The van der Waals surface area contributed by atoms with Gasteiger partial charge in [-0.25, -0.2) is 0 Å². The van der Waals surface area contributed by atoms with Crippen molar-refractivity contribution in [3.8, 4) is 0 Å². The van der Waals surface area contributed by atoms with E-state index in [0.29, 0.717) is 12.0 Å².